The van der Waals surface area contributed by atoms with Gasteiger partial charge in [0.15, 0.2) is 23.0 Å². The number of fused-ring (bicyclic) bond motifs is 2. The van der Waals surface area contributed by atoms with Crippen LogP contribution in [-0.4, -0.2) is 25.7 Å². The maximum atomic E-state index is 12.7. The minimum absolute atomic E-state index is 0.133. The first-order valence-electron chi connectivity index (χ1n) is 10.6. The Kier molecular flexibility index (Phi) is 5.70. The third-order valence-corrected chi connectivity index (χ3v) is 5.47. The van der Waals surface area contributed by atoms with E-state index in [1.165, 1.54) is 0 Å². The van der Waals surface area contributed by atoms with Crippen molar-refractivity contribution in [3.8, 4) is 23.0 Å². The molecule has 0 aliphatic carbocycles. The molecule has 0 fully saturated rings. The second-order valence-electron chi connectivity index (χ2n) is 7.79. The molecule has 7 nitrogen and oxygen atoms in total. The molecular formula is C25H24N2O5. The lowest BCUT2D eigenvalue weighted by Crippen LogP contribution is -2.43. The van der Waals surface area contributed by atoms with Gasteiger partial charge in [-0.2, -0.15) is 0 Å². The van der Waals surface area contributed by atoms with Crippen molar-refractivity contribution in [3.05, 3.63) is 83.4 Å². The first-order valence-corrected chi connectivity index (χ1v) is 10.6. The van der Waals surface area contributed by atoms with Crippen molar-refractivity contribution in [2.45, 2.75) is 25.4 Å². The molecule has 2 heterocycles. The number of nitrogens with one attached hydrogen (secondary N) is 2. The molecule has 0 unspecified atom stereocenters. The van der Waals surface area contributed by atoms with Gasteiger partial charge >= 0.3 is 6.03 Å². The van der Waals surface area contributed by atoms with Crippen LogP contribution in [0, 0.1) is 0 Å². The van der Waals surface area contributed by atoms with E-state index in [1.807, 2.05) is 66.7 Å². The van der Waals surface area contributed by atoms with Crippen molar-refractivity contribution in [1.29, 1.82) is 0 Å². The molecular weight excluding hydrogens is 408 g/mol. The second-order valence-corrected chi connectivity index (χ2v) is 7.79. The Hall–Kier alpha value is -3.87. The number of carbonyl (C=O) groups excluding carboxylic acids is 1. The molecule has 0 saturated heterocycles. The Bertz CT molecular complexity index is 1040. The fourth-order valence-electron chi connectivity index (χ4n) is 3.89. The lowest BCUT2D eigenvalue weighted by atomic mass is 9.98. The van der Waals surface area contributed by atoms with E-state index >= 15 is 0 Å². The maximum absolute atomic E-state index is 12.7. The first kappa shape index (κ1) is 20.1. The Morgan fingerprint density at radius 1 is 0.719 bits per heavy atom. The summed E-state index contributed by atoms with van der Waals surface area (Å²) in [5.74, 6) is 2.96. The van der Waals surface area contributed by atoms with Crippen molar-refractivity contribution in [3.63, 3.8) is 0 Å². The quantitative estimate of drug-likeness (QED) is 0.594. The van der Waals surface area contributed by atoms with Crippen molar-refractivity contribution in [2.24, 2.45) is 0 Å². The summed E-state index contributed by atoms with van der Waals surface area (Å²) in [5.41, 5.74) is 3.16. The molecule has 0 radical (unpaired) electrons. The zero-order valence-corrected chi connectivity index (χ0v) is 17.5. The van der Waals surface area contributed by atoms with Crippen LogP contribution in [0.5, 0.6) is 23.0 Å². The van der Waals surface area contributed by atoms with Gasteiger partial charge < -0.3 is 29.6 Å². The smallest absolute Gasteiger partial charge is 0.315 e. The molecule has 2 aliphatic rings. The van der Waals surface area contributed by atoms with Crippen LogP contribution >= 0.6 is 0 Å². The molecule has 0 saturated carbocycles. The highest BCUT2D eigenvalue weighted by molar-refractivity contribution is 5.74. The first-order chi connectivity index (χ1) is 15.7. The van der Waals surface area contributed by atoms with E-state index in [-0.39, 0.29) is 25.7 Å². The molecule has 7 heteroatoms. The number of urea groups is 1. The topological polar surface area (TPSA) is 78.1 Å². The largest absolute Gasteiger partial charge is 0.454 e. The molecule has 2 amide bonds. The van der Waals surface area contributed by atoms with Crippen LogP contribution in [0.15, 0.2) is 66.7 Å². The van der Waals surface area contributed by atoms with Crippen molar-refractivity contribution in [1.82, 2.24) is 10.6 Å². The van der Waals surface area contributed by atoms with Crippen molar-refractivity contribution in [2.75, 3.05) is 13.6 Å². The number of amides is 2. The van der Waals surface area contributed by atoms with Crippen LogP contribution < -0.4 is 29.6 Å². The molecule has 3 aromatic carbocycles. The number of carbonyl (C=O) groups is 1. The van der Waals surface area contributed by atoms with Gasteiger partial charge in [0.25, 0.3) is 0 Å². The summed E-state index contributed by atoms with van der Waals surface area (Å²) >= 11 is 0. The summed E-state index contributed by atoms with van der Waals surface area (Å²) < 4.78 is 21.8. The molecule has 2 aliphatic heterocycles. The fourth-order valence-corrected chi connectivity index (χ4v) is 3.89. The third kappa shape index (κ3) is 4.72. The number of ether oxygens (including phenoxy) is 4. The summed E-state index contributed by atoms with van der Waals surface area (Å²) in [6.07, 6.45) is 1.29. The summed E-state index contributed by atoms with van der Waals surface area (Å²) in [7, 11) is 0. The van der Waals surface area contributed by atoms with E-state index in [9.17, 15) is 4.79 Å². The van der Waals surface area contributed by atoms with E-state index in [1.54, 1.807) is 0 Å². The molecule has 0 bridgehead atoms. The van der Waals surface area contributed by atoms with Gasteiger partial charge in [-0.3, -0.25) is 0 Å². The van der Waals surface area contributed by atoms with Crippen LogP contribution in [-0.2, 0) is 19.4 Å². The highest BCUT2D eigenvalue weighted by Crippen LogP contribution is 2.34. The standard InChI is InChI=1S/C25H24N2O5/c28-25(26-14-17-4-2-1-3-5-17)27-20(10-18-6-8-21-23(12-18)31-15-29-21)11-19-7-9-22-24(13-19)32-16-30-22/h1-9,12-13,20H,10-11,14-16H2,(H2,26,27,28). The number of hydrogen-bond acceptors (Lipinski definition) is 5. The molecule has 0 atom stereocenters. The highest BCUT2D eigenvalue weighted by atomic mass is 16.7. The van der Waals surface area contributed by atoms with Gasteiger partial charge in [-0.15, -0.1) is 0 Å². The highest BCUT2D eigenvalue weighted by Gasteiger charge is 2.20. The molecule has 164 valence electrons. The molecule has 32 heavy (non-hydrogen) atoms. The summed E-state index contributed by atoms with van der Waals surface area (Å²) in [4.78, 5) is 12.7. The predicted octanol–water partition coefficient (Wildman–Crippen LogP) is 3.80. The monoisotopic (exact) mass is 432 g/mol. The zero-order valence-electron chi connectivity index (χ0n) is 17.5. The molecule has 0 spiro atoms. The lowest BCUT2D eigenvalue weighted by molar-refractivity contribution is 0.173. The molecule has 0 aromatic heterocycles. The maximum Gasteiger partial charge on any atom is 0.315 e. The van der Waals surface area contributed by atoms with Crippen LogP contribution in [0.25, 0.3) is 0 Å². The Labute approximate surface area is 186 Å². The predicted molar refractivity (Wildman–Crippen MR) is 118 cm³/mol. The van der Waals surface area contributed by atoms with E-state index in [0.29, 0.717) is 19.4 Å². The van der Waals surface area contributed by atoms with Crippen LogP contribution in [0.2, 0.25) is 0 Å². The van der Waals surface area contributed by atoms with Crippen molar-refractivity contribution >= 4 is 6.03 Å². The molecule has 3 aromatic rings. The minimum Gasteiger partial charge on any atom is -0.454 e. The van der Waals surface area contributed by atoms with Gasteiger partial charge in [0.1, 0.15) is 0 Å². The van der Waals surface area contributed by atoms with Gasteiger partial charge in [0.2, 0.25) is 13.6 Å². The van der Waals surface area contributed by atoms with Gasteiger partial charge in [-0.05, 0) is 53.8 Å². The number of hydrogen-bond donors (Lipinski definition) is 2. The summed E-state index contributed by atoms with van der Waals surface area (Å²) in [6.45, 7) is 0.937. The lowest BCUT2D eigenvalue weighted by Gasteiger charge is -2.20. The Morgan fingerprint density at radius 3 is 1.88 bits per heavy atom. The Balaban J connectivity index is 1.29. The number of rotatable bonds is 7. The molecule has 2 N–H and O–H groups in total. The zero-order chi connectivity index (χ0) is 21.8. The van der Waals surface area contributed by atoms with E-state index in [4.69, 9.17) is 18.9 Å². The summed E-state index contributed by atoms with van der Waals surface area (Å²) in [6, 6.07) is 21.3. The fraction of sp³-hybridized carbons (Fsp3) is 0.240. The molecule has 5 rings (SSSR count). The Morgan fingerprint density at radius 2 is 1.28 bits per heavy atom. The van der Waals surface area contributed by atoms with E-state index in [2.05, 4.69) is 10.6 Å². The van der Waals surface area contributed by atoms with Crippen molar-refractivity contribution < 1.29 is 23.7 Å². The number of benzene rings is 3. The van der Waals surface area contributed by atoms with Gasteiger partial charge in [0.05, 0.1) is 0 Å². The normalized spacial score (nSPS) is 13.3. The average molecular weight is 432 g/mol. The average Bonchev–Trinajstić information content (AvgIpc) is 3.47. The van der Waals surface area contributed by atoms with Crippen LogP contribution in [0.4, 0.5) is 4.79 Å². The van der Waals surface area contributed by atoms with E-state index in [0.717, 1.165) is 39.7 Å². The van der Waals surface area contributed by atoms with Gasteiger partial charge in [0, 0.05) is 12.6 Å². The van der Waals surface area contributed by atoms with Crippen LogP contribution in [0.3, 0.4) is 0 Å². The SMILES string of the molecule is O=C(NCc1ccccc1)NC(Cc1ccc2c(c1)OCO2)Cc1ccc2c(c1)OCO2. The minimum atomic E-state index is -0.208. The second kappa shape index (κ2) is 9.09. The third-order valence-electron chi connectivity index (χ3n) is 5.47. The summed E-state index contributed by atoms with van der Waals surface area (Å²) in [5, 5.41) is 6.07. The van der Waals surface area contributed by atoms with Crippen LogP contribution in [0.1, 0.15) is 16.7 Å². The van der Waals surface area contributed by atoms with E-state index < -0.39 is 0 Å². The van der Waals surface area contributed by atoms with Gasteiger partial charge in [-0.1, -0.05) is 42.5 Å². The van der Waals surface area contributed by atoms with Gasteiger partial charge in [-0.25, -0.2) is 4.79 Å².